The van der Waals surface area contributed by atoms with Crippen molar-refractivity contribution in [3.05, 3.63) is 36.2 Å². The number of anilines is 1. The van der Waals surface area contributed by atoms with E-state index in [1.165, 1.54) is 0 Å². The fourth-order valence-corrected chi connectivity index (χ4v) is 2.08. The van der Waals surface area contributed by atoms with Crippen molar-refractivity contribution in [1.82, 2.24) is 9.78 Å². The van der Waals surface area contributed by atoms with Gasteiger partial charge in [0.15, 0.2) is 0 Å². The van der Waals surface area contributed by atoms with Gasteiger partial charge in [0, 0.05) is 35.5 Å². The number of methoxy groups -OCH3 is 2. The van der Waals surface area contributed by atoms with Gasteiger partial charge in [-0.15, -0.1) is 0 Å². The molecule has 0 fully saturated rings. The van der Waals surface area contributed by atoms with Gasteiger partial charge < -0.3 is 14.8 Å². The van der Waals surface area contributed by atoms with E-state index >= 15 is 0 Å². The van der Waals surface area contributed by atoms with Gasteiger partial charge in [-0.1, -0.05) is 20.8 Å². The van der Waals surface area contributed by atoms with Crippen LogP contribution in [0.3, 0.4) is 0 Å². The predicted molar refractivity (Wildman–Crippen MR) is 89.1 cm³/mol. The van der Waals surface area contributed by atoms with Crippen LogP contribution in [0, 0.1) is 0 Å². The number of ether oxygens (including phenoxy) is 2. The van der Waals surface area contributed by atoms with Crippen LogP contribution in [-0.2, 0) is 16.8 Å². The van der Waals surface area contributed by atoms with E-state index in [4.69, 9.17) is 9.47 Å². The number of carbonyl (C=O) groups is 1. The number of hydrogen-bond donors (Lipinski definition) is 1. The lowest BCUT2D eigenvalue weighted by molar-refractivity contribution is -0.116. The molecule has 0 radical (unpaired) electrons. The van der Waals surface area contributed by atoms with E-state index in [-0.39, 0.29) is 17.9 Å². The summed E-state index contributed by atoms with van der Waals surface area (Å²) in [6.07, 6.45) is 1.81. The average molecular weight is 317 g/mol. The molecule has 124 valence electrons. The van der Waals surface area contributed by atoms with Crippen LogP contribution in [0.25, 0.3) is 0 Å². The van der Waals surface area contributed by atoms with E-state index in [9.17, 15) is 4.79 Å². The van der Waals surface area contributed by atoms with Crippen LogP contribution in [0.5, 0.6) is 11.5 Å². The number of carbonyl (C=O) groups excluding carboxylic acids is 1. The fraction of sp³-hybridized carbons (Fsp3) is 0.412. The van der Waals surface area contributed by atoms with Crippen molar-refractivity contribution < 1.29 is 14.3 Å². The molecule has 0 aliphatic rings. The van der Waals surface area contributed by atoms with Gasteiger partial charge in [0.1, 0.15) is 18.0 Å². The second-order valence-electron chi connectivity index (χ2n) is 6.30. The van der Waals surface area contributed by atoms with E-state index in [0.717, 1.165) is 5.69 Å². The molecule has 6 nitrogen and oxygen atoms in total. The Morgan fingerprint density at radius 2 is 1.78 bits per heavy atom. The molecule has 0 aliphatic carbocycles. The van der Waals surface area contributed by atoms with E-state index in [0.29, 0.717) is 17.2 Å². The molecular weight excluding hydrogens is 294 g/mol. The maximum atomic E-state index is 12.2. The highest BCUT2D eigenvalue weighted by Crippen LogP contribution is 2.25. The molecule has 0 atom stereocenters. The zero-order chi connectivity index (χ0) is 17.0. The Hall–Kier alpha value is -2.50. The zero-order valence-corrected chi connectivity index (χ0v) is 14.2. The number of nitrogens with zero attached hydrogens (tertiary/aromatic N) is 2. The highest BCUT2D eigenvalue weighted by molar-refractivity contribution is 5.91. The topological polar surface area (TPSA) is 65.4 Å². The summed E-state index contributed by atoms with van der Waals surface area (Å²) in [6.45, 7) is 6.41. The van der Waals surface area contributed by atoms with Crippen molar-refractivity contribution in [2.75, 3.05) is 19.5 Å². The van der Waals surface area contributed by atoms with E-state index < -0.39 is 0 Å². The predicted octanol–water partition coefficient (Wildman–Crippen LogP) is 2.84. The van der Waals surface area contributed by atoms with E-state index in [1.54, 1.807) is 37.1 Å². The van der Waals surface area contributed by atoms with E-state index in [2.05, 4.69) is 31.2 Å². The molecule has 0 spiro atoms. The molecule has 1 aromatic heterocycles. The first-order valence-corrected chi connectivity index (χ1v) is 7.38. The number of amides is 1. The Kier molecular flexibility index (Phi) is 4.93. The normalized spacial score (nSPS) is 11.2. The van der Waals surface area contributed by atoms with Gasteiger partial charge in [0.2, 0.25) is 5.91 Å². The standard InChI is InChI=1S/C17H23N3O3/c1-17(2,3)15-6-7-20(19-15)11-16(21)18-12-8-13(22-4)10-14(9-12)23-5/h6-10H,11H2,1-5H3,(H,18,21). The van der Waals surface area contributed by atoms with E-state index in [1.807, 2.05) is 12.3 Å². The van der Waals surface area contributed by atoms with Crippen LogP contribution >= 0.6 is 0 Å². The molecule has 2 aromatic rings. The molecule has 0 bridgehead atoms. The summed E-state index contributed by atoms with van der Waals surface area (Å²) < 4.78 is 12.0. The SMILES string of the molecule is COc1cc(NC(=O)Cn2ccc(C(C)(C)C)n2)cc(OC)c1. The maximum Gasteiger partial charge on any atom is 0.246 e. The van der Waals surface area contributed by atoms with Crippen LogP contribution in [0.1, 0.15) is 26.5 Å². The second kappa shape index (κ2) is 6.73. The summed E-state index contributed by atoms with van der Waals surface area (Å²) in [4.78, 5) is 12.2. The Labute approximate surface area is 136 Å². The molecular formula is C17H23N3O3. The van der Waals surface area contributed by atoms with Crippen molar-refractivity contribution in [2.45, 2.75) is 32.7 Å². The number of hydrogen-bond acceptors (Lipinski definition) is 4. The average Bonchev–Trinajstić information content (AvgIpc) is 2.95. The molecule has 0 saturated heterocycles. The summed E-state index contributed by atoms with van der Waals surface area (Å²) >= 11 is 0. The molecule has 2 rings (SSSR count). The van der Waals surface area contributed by atoms with Crippen molar-refractivity contribution in [2.24, 2.45) is 0 Å². The van der Waals surface area contributed by atoms with Gasteiger partial charge in [-0.3, -0.25) is 9.48 Å². The molecule has 0 saturated carbocycles. The monoisotopic (exact) mass is 317 g/mol. The third-order valence-electron chi connectivity index (χ3n) is 3.35. The van der Waals surface area contributed by atoms with Crippen molar-refractivity contribution >= 4 is 11.6 Å². The lowest BCUT2D eigenvalue weighted by atomic mass is 9.93. The maximum absolute atomic E-state index is 12.2. The summed E-state index contributed by atoms with van der Waals surface area (Å²) in [6, 6.07) is 7.16. The molecule has 0 aliphatic heterocycles. The molecule has 1 N–H and O–H groups in total. The summed E-state index contributed by atoms with van der Waals surface area (Å²) in [5.74, 6) is 1.08. The Bertz CT molecular complexity index is 664. The fourth-order valence-electron chi connectivity index (χ4n) is 2.08. The summed E-state index contributed by atoms with van der Waals surface area (Å²) in [7, 11) is 3.14. The Balaban J connectivity index is 2.06. The quantitative estimate of drug-likeness (QED) is 0.921. The molecule has 1 aromatic carbocycles. The van der Waals surface area contributed by atoms with Gasteiger partial charge >= 0.3 is 0 Å². The van der Waals surface area contributed by atoms with Crippen LogP contribution < -0.4 is 14.8 Å². The minimum atomic E-state index is -0.163. The van der Waals surface area contributed by atoms with Crippen molar-refractivity contribution in [3.8, 4) is 11.5 Å². The minimum Gasteiger partial charge on any atom is -0.497 e. The van der Waals surface area contributed by atoms with Gasteiger partial charge in [0.25, 0.3) is 0 Å². The molecule has 0 unspecified atom stereocenters. The van der Waals surface area contributed by atoms with Crippen LogP contribution in [0.2, 0.25) is 0 Å². The number of nitrogens with one attached hydrogen (secondary N) is 1. The molecule has 23 heavy (non-hydrogen) atoms. The third kappa shape index (κ3) is 4.48. The minimum absolute atomic E-state index is 0.0398. The van der Waals surface area contributed by atoms with Crippen molar-refractivity contribution in [3.63, 3.8) is 0 Å². The number of rotatable bonds is 5. The van der Waals surface area contributed by atoms with Gasteiger partial charge in [-0.05, 0) is 6.07 Å². The smallest absolute Gasteiger partial charge is 0.246 e. The first kappa shape index (κ1) is 16.9. The number of aromatic nitrogens is 2. The van der Waals surface area contributed by atoms with Gasteiger partial charge in [-0.2, -0.15) is 5.10 Å². The highest BCUT2D eigenvalue weighted by Gasteiger charge is 2.17. The molecule has 1 heterocycles. The van der Waals surface area contributed by atoms with Crippen LogP contribution in [0.4, 0.5) is 5.69 Å². The first-order chi connectivity index (χ1) is 10.8. The Morgan fingerprint density at radius 1 is 1.17 bits per heavy atom. The highest BCUT2D eigenvalue weighted by atomic mass is 16.5. The lowest BCUT2D eigenvalue weighted by Gasteiger charge is -2.14. The first-order valence-electron chi connectivity index (χ1n) is 7.38. The molecule has 6 heteroatoms. The summed E-state index contributed by atoms with van der Waals surface area (Å²) in [5.41, 5.74) is 1.53. The van der Waals surface area contributed by atoms with Crippen molar-refractivity contribution in [1.29, 1.82) is 0 Å². The lowest BCUT2D eigenvalue weighted by Crippen LogP contribution is -2.20. The zero-order valence-electron chi connectivity index (χ0n) is 14.2. The van der Waals surface area contributed by atoms with Gasteiger partial charge in [-0.25, -0.2) is 0 Å². The van der Waals surface area contributed by atoms with Crippen LogP contribution in [-0.4, -0.2) is 29.9 Å². The largest absolute Gasteiger partial charge is 0.497 e. The summed E-state index contributed by atoms with van der Waals surface area (Å²) in [5, 5.41) is 7.27. The van der Waals surface area contributed by atoms with Crippen LogP contribution in [0.15, 0.2) is 30.5 Å². The van der Waals surface area contributed by atoms with Gasteiger partial charge in [0.05, 0.1) is 19.9 Å². The Morgan fingerprint density at radius 3 is 2.26 bits per heavy atom. The second-order valence-corrected chi connectivity index (χ2v) is 6.30. The molecule has 1 amide bonds. The number of benzene rings is 1. The third-order valence-corrected chi connectivity index (χ3v) is 3.35.